The molecule has 2 aromatic rings. The minimum absolute atomic E-state index is 0.0581. The first-order valence-electron chi connectivity index (χ1n) is 9.49. The van der Waals surface area contributed by atoms with Gasteiger partial charge in [0.15, 0.2) is 5.65 Å². The molecule has 1 atom stereocenters. The molecule has 0 radical (unpaired) electrons. The lowest BCUT2D eigenvalue weighted by molar-refractivity contribution is -0.160. The van der Waals surface area contributed by atoms with Gasteiger partial charge in [-0.1, -0.05) is 11.8 Å². The van der Waals surface area contributed by atoms with E-state index in [0.29, 0.717) is 16.2 Å². The molecule has 11 nitrogen and oxygen atoms in total. The second-order valence-electron chi connectivity index (χ2n) is 8.49. The van der Waals surface area contributed by atoms with Crippen molar-refractivity contribution in [1.82, 2.24) is 25.3 Å². The Balaban J connectivity index is 1.96. The van der Waals surface area contributed by atoms with Crippen LogP contribution < -0.4 is 5.32 Å². The van der Waals surface area contributed by atoms with Gasteiger partial charge in [0.2, 0.25) is 0 Å². The van der Waals surface area contributed by atoms with Gasteiger partial charge in [-0.15, -0.1) is 0 Å². The number of carbonyl (C=O) groups is 3. The number of thioether (sulfide) groups is 1. The summed E-state index contributed by atoms with van der Waals surface area (Å²) in [5, 5.41) is 2.94. The predicted molar refractivity (Wildman–Crippen MR) is 112 cm³/mol. The monoisotopic (exact) mass is 453 g/mol. The van der Waals surface area contributed by atoms with Gasteiger partial charge in [0.05, 0.1) is 12.7 Å². The number of esters is 2. The van der Waals surface area contributed by atoms with Gasteiger partial charge in [0, 0.05) is 0 Å². The van der Waals surface area contributed by atoms with Crippen molar-refractivity contribution in [3.05, 3.63) is 12.7 Å². The minimum atomic E-state index is -1.26. The van der Waals surface area contributed by atoms with Gasteiger partial charge in [-0.25, -0.2) is 24.5 Å². The Hall–Kier alpha value is -2.89. The van der Waals surface area contributed by atoms with Crippen LogP contribution in [-0.2, 0) is 23.8 Å². The number of H-pyrrole nitrogens is 1. The van der Waals surface area contributed by atoms with Gasteiger partial charge in [-0.3, -0.25) is 4.79 Å². The van der Waals surface area contributed by atoms with Crippen LogP contribution in [0.4, 0.5) is 4.79 Å². The van der Waals surface area contributed by atoms with E-state index in [0.717, 1.165) is 11.8 Å². The number of aromatic nitrogens is 4. The van der Waals surface area contributed by atoms with E-state index in [2.05, 4.69) is 25.3 Å². The number of ether oxygens (including phenoxy) is 3. The van der Waals surface area contributed by atoms with Gasteiger partial charge in [-0.2, -0.15) is 0 Å². The van der Waals surface area contributed by atoms with Crippen molar-refractivity contribution >= 4 is 41.0 Å². The van der Waals surface area contributed by atoms with E-state index in [9.17, 15) is 14.4 Å². The molecule has 0 bridgehead atoms. The Morgan fingerprint density at radius 1 is 1.06 bits per heavy atom. The maximum Gasteiger partial charge on any atom is 0.408 e. The Morgan fingerprint density at radius 3 is 2.39 bits per heavy atom. The molecule has 0 spiro atoms. The SMILES string of the molecule is CC(C)(C)OC(=O)N[C@H](CC(=O)OCSc1ncnc2nc[nH]c12)C(=O)OC(C)(C)C. The lowest BCUT2D eigenvalue weighted by atomic mass is 10.1. The van der Waals surface area contributed by atoms with Crippen LogP contribution in [-0.4, -0.2) is 61.2 Å². The third kappa shape index (κ3) is 8.40. The molecule has 0 aliphatic rings. The quantitative estimate of drug-likeness (QED) is 0.211. The summed E-state index contributed by atoms with van der Waals surface area (Å²) in [7, 11) is 0. The highest BCUT2D eigenvalue weighted by molar-refractivity contribution is 7.99. The summed E-state index contributed by atoms with van der Waals surface area (Å²) in [6.07, 6.45) is 1.59. The molecule has 0 aliphatic heterocycles. The highest BCUT2D eigenvalue weighted by Crippen LogP contribution is 2.22. The van der Waals surface area contributed by atoms with Crippen LogP contribution in [0.3, 0.4) is 0 Å². The fourth-order valence-corrected chi connectivity index (χ4v) is 2.96. The Labute approximate surface area is 184 Å². The summed E-state index contributed by atoms with van der Waals surface area (Å²) in [5.41, 5.74) is -0.445. The number of aromatic amines is 1. The van der Waals surface area contributed by atoms with E-state index < -0.39 is 41.7 Å². The average molecular weight is 454 g/mol. The van der Waals surface area contributed by atoms with Gasteiger partial charge < -0.3 is 24.5 Å². The molecule has 2 N–H and O–H groups in total. The topological polar surface area (TPSA) is 145 Å². The Kier molecular flexibility index (Phi) is 7.82. The normalized spacial score (nSPS) is 12.8. The minimum Gasteiger partial charge on any atom is -0.458 e. The van der Waals surface area contributed by atoms with Crippen LogP contribution in [0, 0.1) is 0 Å². The fourth-order valence-electron chi connectivity index (χ4n) is 2.24. The van der Waals surface area contributed by atoms with Gasteiger partial charge in [-0.05, 0) is 41.5 Å². The lowest BCUT2D eigenvalue weighted by Gasteiger charge is -2.25. The molecule has 0 aliphatic carbocycles. The molecular formula is C19H27N5O6S. The zero-order chi connectivity index (χ0) is 23.2. The van der Waals surface area contributed by atoms with Crippen LogP contribution in [0.25, 0.3) is 11.2 Å². The van der Waals surface area contributed by atoms with E-state index in [1.165, 1.54) is 12.7 Å². The average Bonchev–Trinajstić information content (AvgIpc) is 3.07. The number of hydrogen-bond acceptors (Lipinski definition) is 10. The molecule has 170 valence electrons. The number of amides is 1. The number of nitrogens with zero attached hydrogens (tertiary/aromatic N) is 3. The molecule has 0 unspecified atom stereocenters. The van der Waals surface area contributed by atoms with Crippen molar-refractivity contribution in [2.75, 3.05) is 5.94 Å². The number of alkyl carbamates (subject to hydrolysis) is 1. The van der Waals surface area contributed by atoms with E-state index in [-0.39, 0.29) is 5.94 Å². The summed E-state index contributed by atoms with van der Waals surface area (Å²) >= 11 is 1.16. The van der Waals surface area contributed by atoms with Crippen molar-refractivity contribution < 1.29 is 28.6 Å². The van der Waals surface area contributed by atoms with Crippen molar-refractivity contribution in [2.24, 2.45) is 0 Å². The highest BCUT2D eigenvalue weighted by atomic mass is 32.2. The molecule has 2 aromatic heterocycles. The Bertz CT molecular complexity index is 934. The number of hydrogen-bond donors (Lipinski definition) is 2. The molecule has 31 heavy (non-hydrogen) atoms. The molecular weight excluding hydrogens is 426 g/mol. The number of rotatable bonds is 7. The predicted octanol–water partition coefficient (Wildman–Crippen LogP) is 2.57. The lowest BCUT2D eigenvalue weighted by Crippen LogP contribution is -2.47. The highest BCUT2D eigenvalue weighted by Gasteiger charge is 2.31. The van der Waals surface area contributed by atoms with Crippen molar-refractivity contribution in [1.29, 1.82) is 0 Å². The maximum absolute atomic E-state index is 12.5. The summed E-state index contributed by atoms with van der Waals surface area (Å²) < 4.78 is 15.7. The van der Waals surface area contributed by atoms with Crippen molar-refractivity contribution in [3.63, 3.8) is 0 Å². The number of fused-ring (bicyclic) bond motifs is 1. The van der Waals surface area contributed by atoms with Gasteiger partial charge in [0.1, 0.15) is 40.1 Å². The molecule has 1 amide bonds. The zero-order valence-corrected chi connectivity index (χ0v) is 19.2. The molecule has 0 saturated carbocycles. The van der Waals surface area contributed by atoms with Crippen LogP contribution in [0.15, 0.2) is 17.7 Å². The molecule has 12 heteroatoms. The second kappa shape index (κ2) is 9.94. The van der Waals surface area contributed by atoms with E-state index in [1.54, 1.807) is 41.5 Å². The van der Waals surface area contributed by atoms with E-state index in [4.69, 9.17) is 14.2 Å². The number of imidazole rings is 1. The van der Waals surface area contributed by atoms with Crippen LogP contribution in [0.5, 0.6) is 0 Å². The Morgan fingerprint density at radius 2 is 1.74 bits per heavy atom. The second-order valence-corrected chi connectivity index (χ2v) is 9.41. The standard InChI is InChI=1S/C19H27N5O6S/c1-18(2,3)29-16(26)11(24-17(27)30-19(4,5)6)7-12(25)28-10-31-15-13-14(21-8-20-13)22-9-23-15/h8-9,11H,7,10H2,1-6H3,(H,24,27)(H,20,21,22,23)/t11-/m1/s1. The summed E-state index contributed by atoms with van der Waals surface area (Å²) in [4.78, 5) is 52.0. The van der Waals surface area contributed by atoms with Crippen LogP contribution in [0.1, 0.15) is 48.0 Å². The van der Waals surface area contributed by atoms with Crippen LogP contribution in [0.2, 0.25) is 0 Å². The van der Waals surface area contributed by atoms with E-state index in [1.807, 2.05) is 0 Å². The summed E-state index contributed by atoms with van der Waals surface area (Å²) in [6.45, 7) is 10.1. The van der Waals surface area contributed by atoms with Gasteiger partial charge in [0.25, 0.3) is 0 Å². The smallest absolute Gasteiger partial charge is 0.408 e. The molecule has 2 heterocycles. The number of carbonyl (C=O) groups excluding carboxylic acids is 3. The first-order chi connectivity index (χ1) is 14.3. The zero-order valence-electron chi connectivity index (χ0n) is 18.3. The number of nitrogens with one attached hydrogen (secondary N) is 2. The molecule has 0 aromatic carbocycles. The summed E-state index contributed by atoms with van der Waals surface area (Å²) in [6, 6.07) is -1.26. The maximum atomic E-state index is 12.5. The van der Waals surface area contributed by atoms with Crippen LogP contribution >= 0.6 is 11.8 Å². The largest absolute Gasteiger partial charge is 0.458 e. The first kappa shape index (κ1) is 24.4. The first-order valence-corrected chi connectivity index (χ1v) is 10.5. The molecule has 0 fully saturated rings. The molecule has 2 rings (SSSR count). The summed E-state index contributed by atoms with van der Waals surface area (Å²) in [5.74, 6) is -1.52. The van der Waals surface area contributed by atoms with E-state index >= 15 is 0 Å². The van der Waals surface area contributed by atoms with Gasteiger partial charge >= 0.3 is 18.0 Å². The molecule has 0 saturated heterocycles. The fraction of sp³-hybridized carbons (Fsp3) is 0.579. The third-order valence-electron chi connectivity index (χ3n) is 3.36. The van der Waals surface area contributed by atoms with Crippen molar-refractivity contribution in [2.45, 2.75) is 70.2 Å². The third-order valence-corrected chi connectivity index (χ3v) is 4.18. The van der Waals surface area contributed by atoms with Crippen molar-refractivity contribution in [3.8, 4) is 0 Å².